The topological polar surface area (TPSA) is 99.3 Å². The lowest BCUT2D eigenvalue weighted by Gasteiger charge is -2.11. The van der Waals surface area contributed by atoms with Crippen molar-refractivity contribution in [3.63, 3.8) is 0 Å². The standard InChI is InChI=1S/C13H11BrN4O3S/c14-8-4-1-2-5-9(8)15-13(19)16-10-6-3-7-11-12(10)18-22(20,21)17-11/h1-7,17-18H,(H2,15,16,19). The predicted octanol–water partition coefficient (Wildman–Crippen LogP) is 3.18. The van der Waals surface area contributed by atoms with E-state index in [4.69, 9.17) is 0 Å². The smallest absolute Gasteiger partial charge is 0.307 e. The van der Waals surface area contributed by atoms with Gasteiger partial charge in [0.15, 0.2) is 0 Å². The number of rotatable bonds is 2. The number of hydrogen-bond acceptors (Lipinski definition) is 3. The molecule has 1 aliphatic heterocycles. The van der Waals surface area contributed by atoms with E-state index in [0.717, 1.165) is 4.47 Å². The third-order valence-electron chi connectivity index (χ3n) is 2.92. The van der Waals surface area contributed by atoms with Crippen LogP contribution in [0.5, 0.6) is 0 Å². The van der Waals surface area contributed by atoms with Crippen molar-refractivity contribution in [1.29, 1.82) is 0 Å². The first kappa shape index (κ1) is 14.7. The number of halogens is 1. The molecule has 114 valence electrons. The van der Waals surface area contributed by atoms with Crippen LogP contribution in [0, 0.1) is 0 Å². The number of nitrogens with one attached hydrogen (secondary N) is 4. The molecule has 4 N–H and O–H groups in total. The maximum atomic E-state index is 12.1. The molecule has 22 heavy (non-hydrogen) atoms. The van der Waals surface area contributed by atoms with E-state index in [1.807, 2.05) is 6.07 Å². The Labute approximate surface area is 135 Å². The van der Waals surface area contributed by atoms with Crippen LogP contribution in [0.4, 0.5) is 27.5 Å². The molecule has 2 aromatic carbocycles. The Bertz CT molecular complexity index is 854. The molecule has 0 spiro atoms. The summed E-state index contributed by atoms with van der Waals surface area (Å²) >= 11 is 3.33. The van der Waals surface area contributed by atoms with Crippen molar-refractivity contribution < 1.29 is 13.2 Å². The van der Waals surface area contributed by atoms with E-state index < -0.39 is 16.2 Å². The number of hydrogen-bond donors (Lipinski definition) is 4. The van der Waals surface area contributed by atoms with E-state index in [0.29, 0.717) is 22.7 Å². The van der Waals surface area contributed by atoms with Crippen LogP contribution in [0.2, 0.25) is 0 Å². The van der Waals surface area contributed by atoms with Gasteiger partial charge in [-0.05, 0) is 40.2 Å². The van der Waals surface area contributed by atoms with Crippen LogP contribution in [-0.2, 0) is 10.2 Å². The maximum absolute atomic E-state index is 12.1. The highest BCUT2D eigenvalue weighted by Crippen LogP contribution is 2.36. The largest absolute Gasteiger partial charge is 0.323 e. The highest BCUT2D eigenvalue weighted by molar-refractivity contribution is 9.10. The third kappa shape index (κ3) is 3.00. The molecule has 0 bridgehead atoms. The van der Waals surface area contributed by atoms with Gasteiger partial charge in [0.05, 0.1) is 22.7 Å². The molecule has 1 heterocycles. The Balaban J connectivity index is 1.79. The van der Waals surface area contributed by atoms with E-state index in [9.17, 15) is 13.2 Å². The minimum Gasteiger partial charge on any atom is -0.307 e. The molecule has 0 saturated heterocycles. The molecule has 0 fully saturated rings. The Morgan fingerprint density at radius 3 is 2.41 bits per heavy atom. The summed E-state index contributed by atoms with van der Waals surface area (Å²) in [6.07, 6.45) is 0. The minimum atomic E-state index is -3.61. The molecule has 0 unspecified atom stereocenters. The van der Waals surface area contributed by atoms with Gasteiger partial charge < -0.3 is 10.6 Å². The lowest BCUT2D eigenvalue weighted by atomic mass is 10.2. The van der Waals surface area contributed by atoms with Crippen LogP contribution < -0.4 is 20.1 Å². The number of carbonyl (C=O) groups excluding carboxylic acids is 1. The predicted molar refractivity (Wildman–Crippen MR) is 89.4 cm³/mol. The average molecular weight is 383 g/mol. The SMILES string of the molecule is O=C(Nc1ccccc1Br)Nc1cccc2c1NS(=O)(=O)N2. The second-order valence-electron chi connectivity index (χ2n) is 4.49. The first-order valence-electron chi connectivity index (χ1n) is 6.21. The number of para-hydroxylation sites is 2. The Morgan fingerprint density at radius 2 is 1.64 bits per heavy atom. The van der Waals surface area contributed by atoms with Gasteiger partial charge in [-0.1, -0.05) is 18.2 Å². The monoisotopic (exact) mass is 382 g/mol. The molecule has 1 aliphatic rings. The van der Waals surface area contributed by atoms with Gasteiger partial charge in [0.25, 0.3) is 0 Å². The number of carbonyl (C=O) groups is 1. The summed E-state index contributed by atoms with van der Waals surface area (Å²) in [7, 11) is -3.61. The molecule has 0 aliphatic carbocycles. The van der Waals surface area contributed by atoms with Gasteiger partial charge in [0, 0.05) is 4.47 Å². The molecule has 2 aromatic rings. The van der Waals surface area contributed by atoms with Crippen molar-refractivity contribution in [2.24, 2.45) is 0 Å². The molecule has 2 amide bonds. The first-order valence-corrected chi connectivity index (χ1v) is 8.48. The third-order valence-corrected chi connectivity index (χ3v) is 4.57. The summed E-state index contributed by atoms with van der Waals surface area (Å²) in [6, 6.07) is 11.5. The van der Waals surface area contributed by atoms with E-state index in [1.165, 1.54) is 0 Å². The quantitative estimate of drug-likeness (QED) is 0.641. The van der Waals surface area contributed by atoms with Gasteiger partial charge >= 0.3 is 16.2 Å². The van der Waals surface area contributed by atoms with Crippen molar-refractivity contribution in [3.05, 3.63) is 46.9 Å². The normalized spacial score (nSPS) is 14.4. The Kier molecular flexibility index (Phi) is 3.67. The van der Waals surface area contributed by atoms with Crippen molar-refractivity contribution in [1.82, 2.24) is 0 Å². The number of amides is 2. The van der Waals surface area contributed by atoms with E-state index in [2.05, 4.69) is 36.0 Å². The van der Waals surface area contributed by atoms with Gasteiger partial charge in [-0.2, -0.15) is 8.42 Å². The zero-order chi connectivity index (χ0) is 15.7. The van der Waals surface area contributed by atoms with Crippen LogP contribution in [0.3, 0.4) is 0 Å². The lowest BCUT2D eigenvalue weighted by molar-refractivity contribution is 0.262. The van der Waals surface area contributed by atoms with Gasteiger partial charge in [0.2, 0.25) is 0 Å². The summed E-state index contributed by atoms with van der Waals surface area (Å²) in [6.45, 7) is 0. The number of anilines is 4. The van der Waals surface area contributed by atoms with E-state index >= 15 is 0 Å². The van der Waals surface area contributed by atoms with Gasteiger partial charge in [-0.15, -0.1) is 0 Å². The summed E-state index contributed by atoms with van der Waals surface area (Å²) in [4.78, 5) is 12.1. The fourth-order valence-electron chi connectivity index (χ4n) is 1.99. The number of fused-ring (bicyclic) bond motifs is 1. The fraction of sp³-hybridized carbons (Fsp3) is 0. The van der Waals surface area contributed by atoms with Gasteiger partial charge in [0.1, 0.15) is 0 Å². The Morgan fingerprint density at radius 1 is 0.955 bits per heavy atom. The van der Waals surface area contributed by atoms with Crippen molar-refractivity contribution in [2.45, 2.75) is 0 Å². The number of urea groups is 1. The highest BCUT2D eigenvalue weighted by atomic mass is 79.9. The zero-order valence-electron chi connectivity index (χ0n) is 11.1. The van der Waals surface area contributed by atoms with Crippen LogP contribution in [-0.4, -0.2) is 14.4 Å². The van der Waals surface area contributed by atoms with Crippen LogP contribution in [0.25, 0.3) is 0 Å². The molecule has 0 atom stereocenters. The van der Waals surface area contributed by atoms with Crippen LogP contribution in [0.15, 0.2) is 46.9 Å². The van der Waals surface area contributed by atoms with Crippen LogP contribution >= 0.6 is 15.9 Å². The molecule has 9 heteroatoms. The second kappa shape index (κ2) is 5.50. The lowest BCUT2D eigenvalue weighted by Crippen LogP contribution is -2.20. The van der Waals surface area contributed by atoms with Crippen molar-refractivity contribution in [3.8, 4) is 0 Å². The Hall–Kier alpha value is -2.26. The summed E-state index contributed by atoms with van der Waals surface area (Å²) in [5, 5.41) is 5.29. The molecular formula is C13H11BrN4O3S. The zero-order valence-corrected chi connectivity index (χ0v) is 13.5. The summed E-state index contributed by atoms with van der Waals surface area (Å²) in [5.41, 5.74) is 1.66. The fourth-order valence-corrected chi connectivity index (χ4v) is 3.38. The first-order chi connectivity index (χ1) is 10.4. The number of benzene rings is 2. The molecule has 0 aromatic heterocycles. The van der Waals surface area contributed by atoms with Gasteiger partial charge in [-0.25, -0.2) is 4.79 Å². The maximum Gasteiger partial charge on any atom is 0.323 e. The second-order valence-corrected chi connectivity index (χ2v) is 6.76. The highest BCUT2D eigenvalue weighted by Gasteiger charge is 2.25. The molecule has 0 saturated carbocycles. The minimum absolute atomic E-state index is 0.310. The van der Waals surface area contributed by atoms with Crippen molar-refractivity contribution in [2.75, 3.05) is 20.1 Å². The van der Waals surface area contributed by atoms with Gasteiger partial charge in [-0.3, -0.25) is 9.44 Å². The summed E-state index contributed by atoms with van der Waals surface area (Å²) < 4.78 is 28.4. The van der Waals surface area contributed by atoms with Crippen molar-refractivity contribution >= 4 is 54.9 Å². The molecule has 3 rings (SSSR count). The molecule has 7 nitrogen and oxygen atoms in total. The summed E-state index contributed by atoms with van der Waals surface area (Å²) in [5.74, 6) is 0. The van der Waals surface area contributed by atoms with Crippen LogP contribution in [0.1, 0.15) is 0 Å². The van der Waals surface area contributed by atoms with E-state index in [-0.39, 0.29) is 0 Å². The molecular weight excluding hydrogens is 372 g/mol. The average Bonchev–Trinajstić information content (AvgIpc) is 2.76. The van der Waals surface area contributed by atoms with E-state index in [1.54, 1.807) is 36.4 Å². The molecule has 0 radical (unpaired) electrons.